The van der Waals surface area contributed by atoms with E-state index in [-0.39, 0.29) is 17.9 Å². The second-order valence-corrected chi connectivity index (χ2v) is 10.6. The van der Waals surface area contributed by atoms with Gasteiger partial charge in [-0.05, 0) is 57.6 Å². The highest BCUT2D eigenvalue weighted by molar-refractivity contribution is 7.99. The van der Waals surface area contributed by atoms with Gasteiger partial charge in [0, 0.05) is 18.3 Å². The van der Waals surface area contributed by atoms with E-state index < -0.39 is 5.60 Å². The van der Waals surface area contributed by atoms with Gasteiger partial charge in [0.1, 0.15) is 16.4 Å². The van der Waals surface area contributed by atoms with E-state index in [0.29, 0.717) is 22.6 Å². The highest BCUT2D eigenvalue weighted by Crippen LogP contribution is 2.53. The number of fused-ring (bicyclic) bond motifs is 1. The van der Waals surface area contributed by atoms with Crippen molar-refractivity contribution < 1.29 is 19.1 Å². The van der Waals surface area contributed by atoms with Gasteiger partial charge in [-0.15, -0.1) is 11.8 Å². The molecule has 2 saturated carbocycles. The molecule has 3 fully saturated rings. The zero-order valence-corrected chi connectivity index (χ0v) is 18.5. The van der Waals surface area contributed by atoms with E-state index >= 15 is 0 Å². The zero-order valence-electron chi connectivity index (χ0n) is 17.6. The number of carbonyl (C=O) groups excluding carboxylic acids is 2. The van der Waals surface area contributed by atoms with Crippen molar-refractivity contribution in [3.63, 3.8) is 0 Å². The average molecular weight is 419 g/mol. The van der Waals surface area contributed by atoms with Gasteiger partial charge in [0.25, 0.3) is 0 Å². The molecule has 0 radical (unpaired) electrons. The fourth-order valence-electron chi connectivity index (χ4n) is 4.55. The van der Waals surface area contributed by atoms with Gasteiger partial charge < -0.3 is 14.4 Å². The van der Waals surface area contributed by atoms with Crippen LogP contribution in [0.15, 0.2) is 17.2 Å². The fourth-order valence-corrected chi connectivity index (χ4v) is 5.86. The lowest BCUT2D eigenvalue weighted by Crippen LogP contribution is -2.28. The Balaban J connectivity index is 1.52. The number of carbonyl (C=O) groups is 2. The summed E-state index contributed by atoms with van der Waals surface area (Å²) in [5.74, 6) is 1.25. The molecule has 0 aromatic carbocycles. The Labute approximate surface area is 176 Å². The predicted molar refractivity (Wildman–Crippen MR) is 112 cm³/mol. The molecule has 4 rings (SSSR count). The summed E-state index contributed by atoms with van der Waals surface area (Å²) in [5, 5.41) is 1.28. The number of rotatable bonds is 5. The molecule has 0 spiro atoms. The van der Waals surface area contributed by atoms with Crippen molar-refractivity contribution in [2.75, 3.05) is 25.1 Å². The van der Waals surface area contributed by atoms with Crippen LogP contribution in [0.1, 0.15) is 56.8 Å². The maximum absolute atomic E-state index is 12.8. The normalized spacial score (nSPS) is 26.3. The van der Waals surface area contributed by atoms with Crippen LogP contribution >= 0.6 is 11.8 Å². The number of esters is 2. The summed E-state index contributed by atoms with van der Waals surface area (Å²) in [4.78, 5) is 31.7. The highest BCUT2D eigenvalue weighted by Gasteiger charge is 2.60. The third-order valence-electron chi connectivity index (χ3n) is 6.04. The van der Waals surface area contributed by atoms with E-state index in [4.69, 9.17) is 14.5 Å². The maximum atomic E-state index is 12.8. The molecular weight excluding hydrogens is 388 g/mol. The Morgan fingerprint density at radius 1 is 1.14 bits per heavy atom. The molecule has 1 aromatic heterocycles. The van der Waals surface area contributed by atoms with Gasteiger partial charge in [0.15, 0.2) is 0 Å². The van der Waals surface area contributed by atoms with Crippen molar-refractivity contribution in [3.8, 4) is 0 Å². The summed E-state index contributed by atoms with van der Waals surface area (Å²) in [5.41, 5.74) is 0.0156. The lowest BCUT2D eigenvalue weighted by molar-refractivity contribution is -0.142. The Hall–Kier alpha value is -1.76. The largest absolute Gasteiger partial charge is 0.469 e. The lowest BCUT2D eigenvalue weighted by Gasteiger charge is -2.24. The molecule has 6 nitrogen and oxygen atoms in total. The van der Waals surface area contributed by atoms with Crippen LogP contribution in [0.5, 0.6) is 0 Å². The number of pyridine rings is 1. The first-order chi connectivity index (χ1) is 13.8. The van der Waals surface area contributed by atoms with Gasteiger partial charge in [0.2, 0.25) is 0 Å². The van der Waals surface area contributed by atoms with Crippen LogP contribution < -0.4 is 4.90 Å². The second-order valence-electron chi connectivity index (χ2n) is 9.33. The first kappa shape index (κ1) is 20.5. The van der Waals surface area contributed by atoms with E-state index in [1.165, 1.54) is 32.8 Å². The molecule has 0 N–H and O–H groups in total. The van der Waals surface area contributed by atoms with E-state index in [9.17, 15) is 9.59 Å². The summed E-state index contributed by atoms with van der Waals surface area (Å²) in [6.45, 7) is 7.27. The number of hydrogen-bond acceptors (Lipinski definition) is 7. The van der Waals surface area contributed by atoms with Crippen LogP contribution in [-0.4, -0.2) is 48.0 Å². The lowest BCUT2D eigenvalue weighted by atomic mass is 10.2. The maximum Gasteiger partial charge on any atom is 0.341 e. The smallest absolute Gasteiger partial charge is 0.341 e. The minimum absolute atomic E-state index is 0.0459. The fraction of sp³-hybridized carbons (Fsp3) is 0.682. The van der Waals surface area contributed by atoms with E-state index in [0.717, 1.165) is 23.9 Å². The number of methoxy groups -OCH3 is 1. The molecule has 29 heavy (non-hydrogen) atoms. The minimum Gasteiger partial charge on any atom is -0.469 e. The Morgan fingerprint density at radius 3 is 2.38 bits per heavy atom. The SMILES string of the molecule is COC(=O)C1C2CN(c3ccc(C(=O)OC(C)(C)C)c(SC4CCCC4)n3)CC21. The summed E-state index contributed by atoms with van der Waals surface area (Å²) >= 11 is 1.71. The van der Waals surface area contributed by atoms with E-state index in [2.05, 4.69) is 4.90 Å². The summed E-state index contributed by atoms with van der Waals surface area (Å²) < 4.78 is 10.5. The van der Waals surface area contributed by atoms with Crippen LogP contribution in [0.25, 0.3) is 0 Å². The van der Waals surface area contributed by atoms with Gasteiger partial charge in [-0.25, -0.2) is 9.78 Å². The zero-order chi connectivity index (χ0) is 20.8. The summed E-state index contributed by atoms with van der Waals surface area (Å²) in [6, 6.07) is 3.77. The van der Waals surface area contributed by atoms with Crippen molar-refractivity contribution in [2.45, 2.75) is 62.3 Å². The summed E-state index contributed by atoms with van der Waals surface area (Å²) in [6.07, 6.45) is 4.81. The highest BCUT2D eigenvalue weighted by atomic mass is 32.2. The van der Waals surface area contributed by atoms with Gasteiger partial charge >= 0.3 is 11.9 Å². The first-order valence-corrected chi connectivity index (χ1v) is 11.4. The molecule has 1 saturated heterocycles. The molecular formula is C22H30N2O4S. The van der Waals surface area contributed by atoms with Crippen LogP contribution in [0, 0.1) is 17.8 Å². The molecule has 1 aliphatic heterocycles. The molecule has 2 unspecified atom stereocenters. The predicted octanol–water partition coefficient (Wildman–Crippen LogP) is 3.93. The first-order valence-electron chi connectivity index (χ1n) is 10.5. The summed E-state index contributed by atoms with van der Waals surface area (Å²) in [7, 11) is 1.46. The molecule has 0 amide bonds. The van der Waals surface area contributed by atoms with Crippen molar-refractivity contribution >= 4 is 29.5 Å². The molecule has 7 heteroatoms. The topological polar surface area (TPSA) is 68.7 Å². The third kappa shape index (κ3) is 4.39. The Morgan fingerprint density at radius 2 is 1.79 bits per heavy atom. The van der Waals surface area contributed by atoms with Crippen LogP contribution in [0.4, 0.5) is 5.82 Å². The third-order valence-corrected chi connectivity index (χ3v) is 7.38. The molecule has 2 aliphatic carbocycles. The van der Waals surface area contributed by atoms with Crippen LogP contribution in [-0.2, 0) is 14.3 Å². The van der Waals surface area contributed by atoms with Crippen molar-refractivity contribution in [1.82, 2.24) is 4.98 Å². The average Bonchev–Trinajstić information content (AvgIpc) is 3.04. The van der Waals surface area contributed by atoms with Gasteiger partial charge in [-0.1, -0.05) is 12.8 Å². The van der Waals surface area contributed by atoms with E-state index in [1.807, 2.05) is 32.9 Å². The monoisotopic (exact) mass is 418 g/mol. The number of aromatic nitrogens is 1. The van der Waals surface area contributed by atoms with Crippen molar-refractivity contribution in [1.29, 1.82) is 0 Å². The molecule has 2 atom stereocenters. The number of hydrogen-bond donors (Lipinski definition) is 0. The minimum atomic E-state index is -0.538. The van der Waals surface area contributed by atoms with Crippen molar-refractivity contribution in [3.05, 3.63) is 17.7 Å². The number of piperidine rings is 1. The second kappa shape index (κ2) is 7.82. The quantitative estimate of drug-likeness (QED) is 0.671. The number of anilines is 1. The van der Waals surface area contributed by atoms with Gasteiger partial charge in [-0.3, -0.25) is 4.79 Å². The standard InChI is InChI=1S/C22H30N2O4S/c1-22(2,3)28-20(25)14-9-10-17(23-19(14)29-13-7-5-6-8-13)24-11-15-16(12-24)18(15)21(26)27-4/h9-10,13,15-16,18H,5-8,11-12H2,1-4H3. The molecule has 1 aromatic rings. The van der Waals surface area contributed by atoms with Crippen molar-refractivity contribution in [2.24, 2.45) is 17.8 Å². The van der Waals surface area contributed by atoms with E-state index in [1.54, 1.807) is 11.8 Å². The molecule has 158 valence electrons. The van der Waals surface area contributed by atoms with Gasteiger partial charge in [0.05, 0.1) is 18.6 Å². The molecule has 2 heterocycles. The van der Waals surface area contributed by atoms with Gasteiger partial charge in [-0.2, -0.15) is 0 Å². The Bertz CT molecular complexity index is 788. The van der Waals surface area contributed by atoms with Crippen LogP contribution in [0.2, 0.25) is 0 Å². The number of ether oxygens (including phenoxy) is 2. The molecule has 0 bridgehead atoms. The number of thioether (sulfide) groups is 1. The number of nitrogens with zero attached hydrogens (tertiary/aromatic N) is 2. The molecule has 3 aliphatic rings. The van der Waals surface area contributed by atoms with Crippen LogP contribution in [0.3, 0.4) is 0 Å². The Kier molecular flexibility index (Phi) is 5.53.